The van der Waals surface area contributed by atoms with Crippen molar-refractivity contribution in [2.75, 3.05) is 0 Å². The van der Waals surface area contributed by atoms with Gasteiger partial charge in [-0.3, -0.25) is 0 Å². The highest BCUT2D eigenvalue weighted by Crippen LogP contribution is 2.46. The van der Waals surface area contributed by atoms with Crippen LogP contribution in [0.3, 0.4) is 0 Å². The van der Waals surface area contributed by atoms with Crippen LogP contribution in [0.15, 0.2) is 18.2 Å². The Morgan fingerprint density at radius 2 is 1.26 bits per heavy atom. The van der Waals surface area contributed by atoms with E-state index in [1.54, 1.807) is 6.07 Å². The number of ether oxygens (including phenoxy) is 1. The SMILES string of the molecule is CC1CCC(c2ccc(OC(F)(F)C3CCC(C4CCC(C)CC4)CC3)c(F)c2)CC1. The van der Waals surface area contributed by atoms with E-state index in [9.17, 15) is 13.2 Å². The summed E-state index contributed by atoms with van der Waals surface area (Å²) in [6.07, 6.45) is 8.77. The van der Waals surface area contributed by atoms with Crippen molar-refractivity contribution >= 4 is 0 Å². The zero-order chi connectivity index (χ0) is 22.0. The number of alkyl halides is 2. The van der Waals surface area contributed by atoms with Crippen LogP contribution in [0.25, 0.3) is 0 Å². The molecule has 4 heteroatoms. The van der Waals surface area contributed by atoms with Gasteiger partial charge in [0.25, 0.3) is 0 Å². The zero-order valence-electron chi connectivity index (χ0n) is 19.2. The molecule has 0 amide bonds. The van der Waals surface area contributed by atoms with E-state index >= 15 is 0 Å². The fourth-order valence-corrected chi connectivity index (χ4v) is 6.36. The van der Waals surface area contributed by atoms with Crippen molar-refractivity contribution in [2.24, 2.45) is 29.6 Å². The second-order valence-corrected chi connectivity index (χ2v) is 10.9. The molecular formula is C27H39F3O. The van der Waals surface area contributed by atoms with Crippen LogP contribution in [0.1, 0.15) is 102 Å². The molecule has 3 aliphatic carbocycles. The topological polar surface area (TPSA) is 9.23 Å². The predicted molar refractivity (Wildman–Crippen MR) is 119 cm³/mol. The summed E-state index contributed by atoms with van der Waals surface area (Å²) in [7, 11) is 0. The van der Waals surface area contributed by atoms with Gasteiger partial charge in [-0.05, 0) is 98.7 Å². The molecule has 0 N–H and O–H groups in total. The van der Waals surface area contributed by atoms with Gasteiger partial charge in [0.15, 0.2) is 11.6 Å². The predicted octanol–water partition coefficient (Wildman–Crippen LogP) is 8.72. The number of hydrogen-bond donors (Lipinski definition) is 0. The average molecular weight is 437 g/mol. The van der Waals surface area contributed by atoms with Gasteiger partial charge in [0, 0.05) is 0 Å². The number of halogens is 3. The molecule has 0 heterocycles. The number of rotatable bonds is 5. The lowest BCUT2D eigenvalue weighted by atomic mass is 9.69. The van der Waals surface area contributed by atoms with Gasteiger partial charge in [0.2, 0.25) is 0 Å². The molecule has 0 atom stereocenters. The van der Waals surface area contributed by atoms with Crippen LogP contribution in [0.2, 0.25) is 0 Å². The van der Waals surface area contributed by atoms with Crippen molar-refractivity contribution in [2.45, 2.75) is 103 Å². The smallest absolute Gasteiger partial charge is 0.400 e. The summed E-state index contributed by atoms with van der Waals surface area (Å²) in [5.74, 6) is 1.38. The van der Waals surface area contributed by atoms with Crippen LogP contribution in [-0.2, 0) is 0 Å². The maximum atomic E-state index is 14.9. The minimum atomic E-state index is -3.31. The molecule has 0 aliphatic heterocycles. The lowest BCUT2D eigenvalue weighted by Gasteiger charge is -2.38. The largest absolute Gasteiger partial charge is 0.429 e. The molecular weight excluding hydrogens is 397 g/mol. The first-order chi connectivity index (χ1) is 14.8. The first-order valence-electron chi connectivity index (χ1n) is 12.7. The van der Waals surface area contributed by atoms with Crippen molar-refractivity contribution in [3.63, 3.8) is 0 Å². The van der Waals surface area contributed by atoms with Crippen LogP contribution in [0, 0.1) is 35.4 Å². The maximum Gasteiger partial charge on any atom is 0.400 e. The Balaban J connectivity index is 1.32. The number of benzene rings is 1. The molecule has 3 fully saturated rings. The van der Waals surface area contributed by atoms with E-state index in [0.29, 0.717) is 30.6 Å². The van der Waals surface area contributed by atoms with E-state index in [1.807, 2.05) is 0 Å². The Labute approximate surface area is 186 Å². The Kier molecular flexibility index (Phi) is 7.23. The molecule has 0 spiro atoms. The summed E-state index contributed by atoms with van der Waals surface area (Å²) < 4.78 is 49.5. The molecule has 1 nitrogen and oxygen atoms in total. The molecule has 1 aromatic rings. The van der Waals surface area contributed by atoms with Crippen LogP contribution in [0.5, 0.6) is 5.75 Å². The molecule has 3 aliphatic rings. The molecule has 31 heavy (non-hydrogen) atoms. The van der Waals surface area contributed by atoms with Gasteiger partial charge >= 0.3 is 6.11 Å². The van der Waals surface area contributed by atoms with Crippen molar-refractivity contribution in [1.82, 2.24) is 0 Å². The third-order valence-electron chi connectivity index (χ3n) is 8.66. The van der Waals surface area contributed by atoms with E-state index in [-0.39, 0.29) is 5.75 Å². The Morgan fingerprint density at radius 3 is 1.81 bits per heavy atom. The lowest BCUT2D eigenvalue weighted by Crippen LogP contribution is -2.38. The van der Waals surface area contributed by atoms with Gasteiger partial charge in [0.05, 0.1) is 5.92 Å². The fourth-order valence-electron chi connectivity index (χ4n) is 6.36. The monoisotopic (exact) mass is 436 g/mol. The third-order valence-corrected chi connectivity index (χ3v) is 8.66. The average Bonchev–Trinajstić information content (AvgIpc) is 2.76. The summed E-state index contributed by atoms with van der Waals surface area (Å²) in [6, 6.07) is 4.63. The maximum absolute atomic E-state index is 14.9. The van der Waals surface area contributed by atoms with E-state index in [2.05, 4.69) is 13.8 Å². The summed E-state index contributed by atoms with van der Waals surface area (Å²) in [5, 5.41) is 0. The third kappa shape index (κ3) is 5.60. The van der Waals surface area contributed by atoms with Gasteiger partial charge in [-0.25, -0.2) is 4.39 Å². The second-order valence-electron chi connectivity index (χ2n) is 10.9. The van der Waals surface area contributed by atoms with Crippen LogP contribution in [0.4, 0.5) is 13.2 Å². The van der Waals surface area contributed by atoms with E-state index < -0.39 is 17.8 Å². The van der Waals surface area contributed by atoms with Gasteiger partial charge in [-0.1, -0.05) is 45.6 Å². The van der Waals surface area contributed by atoms with Crippen molar-refractivity contribution in [3.05, 3.63) is 29.6 Å². The Bertz CT molecular complexity index is 709. The van der Waals surface area contributed by atoms with Crippen LogP contribution >= 0.6 is 0 Å². The highest BCUT2D eigenvalue weighted by molar-refractivity contribution is 5.32. The summed E-state index contributed by atoms with van der Waals surface area (Å²) >= 11 is 0. The molecule has 3 saturated carbocycles. The zero-order valence-corrected chi connectivity index (χ0v) is 19.2. The van der Waals surface area contributed by atoms with E-state index in [0.717, 1.165) is 55.9 Å². The molecule has 0 radical (unpaired) electrons. The first kappa shape index (κ1) is 23.0. The minimum Gasteiger partial charge on any atom is -0.429 e. The van der Waals surface area contributed by atoms with Gasteiger partial charge < -0.3 is 4.74 Å². The van der Waals surface area contributed by atoms with Crippen molar-refractivity contribution in [3.8, 4) is 5.75 Å². The van der Waals surface area contributed by atoms with Crippen molar-refractivity contribution in [1.29, 1.82) is 0 Å². The molecule has 0 bridgehead atoms. The summed E-state index contributed by atoms with van der Waals surface area (Å²) in [5.41, 5.74) is 0.919. The summed E-state index contributed by atoms with van der Waals surface area (Å²) in [6.45, 7) is 4.56. The molecule has 1 aromatic carbocycles. The van der Waals surface area contributed by atoms with Gasteiger partial charge in [0.1, 0.15) is 0 Å². The highest BCUT2D eigenvalue weighted by Gasteiger charge is 2.45. The van der Waals surface area contributed by atoms with Crippen LogP contribution < -0.4 is 4.74 Å². The van der Waals surface area contributed by atoms with E-state index in [4.69, 9.17) is 4.74 Å². The normalized spacial score (nSPS) is 35.0. The Hall–Kier alpha value is -1.19. The van der Waals surface area contributed by atoms with Crippen LogP contribution in [-0.4, -0.2) is 6.11 Å². The molecule has 4 rings (SSSR count). The minimum absolute atomic E-state index is 0.304. The molecule has 0 aromatic heterocycles. The molecule has 0 saturated heterocycles. The fraction of sp³-hybridized carbons (Fsp3) is 0.778. The van der Waals surface area contributed by atoms with Gasteiger partial charge in [-0.2, -0.15) is 8.78 Å². The standard InChI is InChI=1S/C27H39F3O/c1-18-3-7-20(8-4-18)21-11-14-24(15-12-21)27(29,30)31-26-16-13-23(17-25(26)28)22-9-5-19(2)6-10-22/h13,16-22,24H,3-12,14-15H2,1-2H3. The molecule has 0 unspecified atom stereocenters. The first-order valence-corrected chi connectivity index (χ1v) is 12.7. The van der Waals surface area contributed by atoms with Gasteiger partial charge in [-0.15, -0.1) is 0 Å². The summed E-state index contributed by atoms with van der Waals surface area (Å²) in [4.78, 5) is 0. The highest BCUT2D eigenvalue weighted by atomic mass is 19.3. The van der Waals surface area contributed by atoms with Crippen molar-refractivity contribution < 1.29 is 17.9 Å². The number of hydrogen-bond acceptors (Lipinski definition) is 1. The lowest BCUT2D eigenvalue weighted by molar-refractivity contribution is -0.225. The molecule has 174 valence electrons. The quantitative estimate of drug-likeness (QED) is 0.448. The van der Waals surface area contributed by atoms with E-state index in [1.165, 1.54) is 37.8 Å². The Morgan fingerprint density at radius 1 is 0.742 bits per heavy atom. The second kappa shape index (κ2) is 9.75.